The van der Waals surface area contributed by atoms with Gasteiger partial charge in [0.15, 0.2) is 5.82 Å². The molecule has 0 radical (unpaired) electrons. The van der Waals surface area contributed by atoms with Crippen molar-refractivity contribution >= 4 is 22.8 Å². The fourth-order valence-corrected chi connectivity index (χ4v) is 2.76. The number of aromatic nitrogens is 2. The van der Waals surface area contributed by atoms with E-state index in [0.717, 1.165) is 36.5 Å². The molecule has 1 saturated heterocycles. The maximum Gasteiger partial charge on any atom is 0.320 e. The second-order valence-corrected chi connectivity index (χ2v) is 5.86. The van der Waals surface area contributed by atoms with Crippen molar-refractivity contribution < 1.29 is 4.79 Å². The smallest absolute Gasteiger partial charge is 0.320 e. The highest BCUT2D eigenvalue weighted by atomic mass is 16.2. The number of hydrogen-bond acceptors (Lipinski definition) is 4. The van der Waals surface area contributed by atoms with Gasteiger partial charge >= 0.3 is 6.03 Å². The van der Waals surface area contributed by atoms with E-state index in [9.17, 15) is 4.79 Å². The van der Waals surface area contributed by atoms with Crippen LogP contribution in [0, 0.1) is 5.92 Å². The van der Waals surface area contributed by atoms with E-state index in [1.807, 2.05) is 30.3 Å². The number of rotatable bonds is 4. The number of carbonyl (C=O) groups is 1. The van der Waals surface area contributed by atoms with E-state index >= 15 is 0 Å². The van der Waals surface area contributed by atoms with Crippen molar-refractivity contribution in [3.8, 4) is 0 Å². The summed E-state index contributed by atoms with van der Waals surface area (Å²) < 4.78 is 0. The molecule has 6 nitrogen and oxygen atoms in total. The van der Waals surface area contributed by atoms with E-state index in [0.29, 0.717) is 12.4 Å². The first kappa shape index (κ1) is 14.7. The fourth-order valence-electron chi connectivity index (χ4n) is 2.76. The van der Waals surface area contributed by atoms with E-state index in [1.54, 1.807) is 0 Å². The van der Waals surface area contributed by atoms with Crippen LogP contribution < -0.4 is 10.6 Å². The maximum atomic E-state index is 11.9. The Morgan fingerprint density at radius 3 is 3.05 bits per heavy atom. The van der Waals surface area contributed by atoms with E-state index in [2.05, 4.69) is 32.7 Å². The molecular weight excluding hydrogens is 278 g/mol. The first-order valence-corrected chi connectivity index (χ1v) is 7.70. The molecule has 2 aromatic rings. The molecule has 6 heteroatoms. The van der Waals surface area contributed by atoms with Crippen molar-refractivity contribution in [1.82, 2.24) is 20.4 Å². The van der Waals surface area contributed by atoms with Crippen molar-refractivity contribution in [2.45, 2.75) is 13.3 Å². The summed E-state index contributed by atoms with van der Waals surface area (Å²) in [6.07, 6.45) is 1.25. The summed E-state index contributed by atoms with van der Waals surface area (Å²) in [4.78, 5) is 14.3. The molecule has 116 valence electrons. The Kier molecular flexibility index (Phi) is 4.48. The summed E-state index contributed by atoms with van der Waals surface area (Å²) in [6.45, 7) is 6.04. The van der Waals surface area contributed by atoms with Gasteiger partial charge in [-0.15, -0.1) is 10.2 Å². The van der Waals surface area contributed by atoms with Gasteiger partial charge in [0.1, 0.15) is 0 Å². The Hall–Kier alpha value is -2.21. The minimum Gasteiger partial charge on any atom is -0.337 e. The zero-order valence-corrected chi connectivity index (χ0v) is 12.7. The zero-order valence-electron chi connectivity index (χ0n) is 12.7. The molecule has 2 amide bonds. The van der Waals surface area contributed by atoms with Gasteiger partial charge in [-0.1, -0.05) is 25.1 Å². The van der Waals surface area contributed by atoms with Crippen LogP contribution in [0.1, 0.15) is 13.3 Å². The van der Waals surface area contributed by atoms with Gasteiger partial charge in [0.2, 0.25) is 0 Å². The fraction of sp³-hybridized carbons (Fsp3) is 0.438. The molecule has 0 saturated carbocycles. The highest BCUT2D eigenvalue weighted by molar-refractivity contribution is 5.90. The van der Waals surface area contributed by atoms with Crippen LogP contribution in [0.4, 0.5) is 10.6 Å². The van der Waals surface area contributed by atoms with Crippen molar-refractivity contribution in [2.75, 3.05) is 31.5 Å². The largest absolute Gasteiger partial charge is 0.337 e. The van der Waals surface area contributed by atoms with Crippen LogP contribution in [0.5, 0.6) is 0 Å². The molecule has 1 fully saturated rings. The second-order valence-electron chi connectivity index (χ2n) is 5.86. The topological polar surface area (TPSA) is 70.2 Å². The number of benzene rings is 1. The molecule has 0 aliphatic carbocycles. The normalized spacial score (nSPS) is 18.5. The van der Waals surface area contributed by atoms with Gasteiger partial charge in [0, 0.05) is 25.0 Å². The van der Waals surface area contributed by atoms with Crippen molar-refractivity contribution in [1.29, 1.82) is 0 Å². The molecule has 3 rings (SSSR count). The standard InChI is InChI=1S/C16H21N5O/c1-12-6-8-21(11-12)9-7-17-16(22)18-15-10-13-4-2-3-5-14(13)19-20-15/h2-5,10,12H,6-9,11H2,1H3,(H2,17,18,20,22). The van der Waals surface area contributed by atoms with E-state index in [4.69, 9.17) is 0 Å². The number of hydrogen-bond donors (Lipinski definition) is 2. The zero-order chi connectivity index (χ0) is 15.4. The second kappa shape index (κ2) is 6.70. The molecule has 0 spiro atoms. The summed E-state index contributed by atoms with van der Waals surface area (Å²) in [5.74, 6) is 1.23. The van der Waals surface area contributed by atoms with Crippen LogP contribution in [0.3, 0.4) is 0 Å². The third kappa shape index (κ3) is 3.71. The van der Waals surface area contributed by atoms with Gasteiger partial charge in [-0.05, 0) is 31.0 Å². The third-order valence-corrected chi connectivity index (χ3v) is 3.96. The lowest BCUT2D eigenvalue weighted by Crippen LogP contribution is -2.36. The minimum atomic E-state index is -0.239. The van der Waals surface area contributed by atoms with Crippen molar-refractivity contribution in [3.63, 3.8) is 0 Å². The van der Waals surface area contributed by atoms with Gasteiger partial charge in [-0.3, -0.25) is 5.32 Å². The molecule has 2 N–H and O–H groups in total. The summed E-state index contributed by atoms with van der Waals surface area (Å²) >= 11 is 0. The third-order valence-electron chi connectivity index (χ3n) is 3.96. The lowest BCUT2D eigenvalue weighted by Gasteiger charge is -2.15. The number of amides is 2. The molecule has 1 aromatic heterocycles. The molecular formula is C16H21N5O. The van der Waals surface area contributed by atoms with E-state index in [-0.39, 0.29) is 6.03 Å². The average molecular weight is 299 g/mol. The number of anilines is 1. The Bertz CT molecular complexity index is 660. The predicted molar refractivity (Wildman–Crippen MR) is 86.8 cm³/mol. The first-order valence-electron chi connectivity index (χ1n) is 7.70. The number of urea groups is 1. The van der Waals surface area contributed by atoms with Crippen LogP contribution >= 0.6 is 0 Å². The van der Waals surface area contributed by atoms with Gasteiger partial charge in [-0.2, -0.15) is 0 Å². The molecule has 0 bridgehead atoms. The highest BCUT2D eigenvalue weighted by Crippen LogP contribution is 2.14. The molecule has 1 aliphatic heterocycles. The predicted octanol–water partition coefficient (Wildman–Crippen LogP) is 2.09. The van der Waals surface area contributed by atoms with Crippen molar-refractivity contribution in [2.24, 2.45) is 5.92 Å². The number of likely N-dealkylation sites (tertiary alicyclic amines) is 1. The summed E-state index contributed by atoms with van der Waals surface area (Å²) in [7, 11) is 0. The van der Waals surface area contributed by atoms with Crippen molar-refractivity contribution in [3.05, 3.63) is 30.3 Å². The van der Waals surface area contributed by atoms with Gasteiger partial charge in [-0.25, -0.2) is 4.79 Å². The Morgan fingerprint density at radius 2 is 2.23 bits per heavy atom. The molecule has 1 aromatic carbocycles. The van der Waals surface area contributed by atoms with Crippen LogP contribution in [0.25, 0.3) is 10.9 Å². The Morgan fingerprint density at radius 1 is 1.36 bits per heavy atom. The number of fused-ring (bicyclic) bond motifs is 1. The monoisotopic (exact) mass is 299 g/mol. The molecule has 1 atom stereocenters. The molecule has 1 aliphatic rings. The lowest BCUT2D eigenvalue weighted by molar-refractivity contribution is 0.249. The van der Waals surface area contributed by atoms with Crippen LogP contribution in [-0.2, 0) is 0 Å². The van der Waals surface area contributed by atoms with E-state index in [1.165, 1.54) is 6.42 Å². The van der Waals surface area contributed by atoms with Crippen LogP contribution in [-0.4, -0.2) is 47.3 Å². The lowest BCUT2D eigenvalue weighted by atomic mass is 10.2. The Labute approximate surface area is 129 Å². The highest BCUT2D eigenvalue weighted by Gasteiger charge is 2.17. The minimum absolute atomic E-state index is 0.239. The van der Waals surface area contributed by atoms with Crippen LogP contribution in [0.15, 0.2) is 30.3 Å². The molecule has 1 unspecified atom stereocenters. The SMILES string of the molecule is CC1CCN(CCNC(=O)Nc2cc3ccccc3nn2)C1. The molecule has 22 heavy (non-hydrogen) atoms. The van der Waals surface area contributed by atoms with Gasteiger partial charge in [0.05, 0.1) is 5.52 Å². The first-order chi connectivity index (χ1) is 10.7. The quantitative estimate of drug-likeness (QED) is 0.907. The van der Waals surface area contributed by atoms with Gasteiger partial charge < -0.3 is 10.2 Å². The number of nitrogens with one attached hydrogen (secondary N) is 2. The maximum absolute atomic E-state index is 11.9. The summed E-state index contributed by atoms with van der Waals surface area (Å²) in [5.41, 5.74) is 0.816. The summed E-state index contributed by atoms with van der Waals surface area (Å²) in [5, 5.41) is 14.6. The Balaban J connectivity index is 1.48. The summed E-state index contributed by atoms with van der Waals surface area (Å²) in [6, 6.07) is 9.27. The van der Waals surface area contributed by atoms with E-state index < -0.39 is 0 Å². The number of nitrogens with zero attached hydrogens (tertiary/aromatic N) is 3. The molecule has 2 heterocycles. The van der Waals surface area contributed by atoms with Gasteiger partial charge in [0.25, 0.3) is 0 Å². The van der Waals surface area contributed by atoms with Crippen LogP contribution in [0.2, 0.25) is 0 Å². The number of carbonyl (C=O) groups excluding carboxylic acids is 1. The average Bonchev–Trinajstić information content (AvgIpc) is 2.92.